The quantitative estimate of drug-likeness (QED) is 0.545. The lowest BCUT2D eigenvalue weighted by molar-refractivity contribution is 0.114. The number of imidazole rings is 2. The van der Waals surface area contributed by atoms with Crippen molar-refractivity contribution >= 4 is 27.6 Å². The van der Waals surface area contributed by atoms with Gasteiger partial charge in [-0.05, 0) is 31.9 Å². The van der Waals surface area contributed by atoms with Crippen LogP contribution in [0.3, 0.4) is 0 Å². The zero-order valence-corrected chi connectivity index (χ0v) is 15.4. The molecule has 6 nitrogen and oxygen atoms in total. The van der Waals surface area contributed by atoms with Gasteiger partial charge < -0.3 is 9.30 Å². The average molecular weight is 371 g/mol. The Morgan fingerprint density at radius 2 is 2.28 bits per heavy atom. The molecule has 0 saturated carbocycles. The van der Waals surface area contributed by atoms with Crippen LogP contribution in [0.15, 0.2) is 30.7 Å². The summed E-state index contributed by atoms with van der Waals surface area (Å²) >= 11 is 3.38. The van der Waals surface area contributed by atoms with Crippen molar-refractivity contribution in [2.45, 2.75) is 32.4 Å². The fourth-order valence-corrected chi connectivity index (χ4v) is 5.05. The second-order valence-corrected chi connectivity index (χ2v) is 8.44. The lowest BCUT2D eigenvalue weighted by Gasteiger charge is -2.06. The highest BCUT2D eigenvalue weighted by molar-refractivity contribution is 7.16. The maximum absolute atomic E-state index is 5.79. The van der Waals surface area contributed by atoms with Crippen molar-refractivity contribution in [3.63, 3.8) is 0 Å². The standard InChI is InChI=1S/C17H17N5OS2/c1-11-20-22-10-12(19-17(22)24-11)9-21-7-6-18-16(21)15-5-4-14(25-15)13-3-2-8-23-13/h4-7,10,13H,2-3,8-9H2,1H3/t13-/m0/s1. The number of ether oxygens (including phenoxy) is 1. The first-order valence-electron chi connectivity index (χ1n) is 8.31. The molecular formula is C17H17N5OS2. The molecule has 25 heavy (non-hydrogen) atoms. The van der Waals surface area contributed by atoms with Crippen LogP contribution in [0.2, 0.25) is 0 Å². The molecule has 0 N–H and O–H groups in total. The minimum atomic E-state index is 0.261. The van der Waals surface area contributed by atoms with E-state index in [0.717, 1.165) is 40.9 Å². The molecule has 8 heteroatoms. The molecule has 0 bridgehead atoms. The fourth-order valence-electron chi connectivity index (χ4n) is 3.21. The Morgan fingerprint density at radius 1 is 1.32 bits per heavy atom. The highest BCUT2D eigenvalue weighted by Crippen LogP contribution is 2.36. The predicted molar refractivity (Wildman–Crippen MR) is 98.2 cm³/mol. The highest BCUT2D eigenvalue weighted by atomic mass is 32.1. The number of aryl methyl sites for hydroxylation is 1. The van der Waals surface area contributed by atoms with E-state index in [4.69, 9.17) is 4.74 Å². The monoisotopic (exact) mass is 371 g/mol. The number of thiophene rings is 1. The molecule has 5 heterocycles. The molecule has 128 valence electrons. The van der Waals surface area contributed by atoms with Crippen molar-refractivity contribution in [2.75, 3.05) is 6.61 Å². The third kappa shape index (κ3) is 2.80. The number of hydrogen-bond donors (Lipinski definition) is 0. The molecule has 5 rings (SSSR count). The van der Waals surface area contributed by atoms with Crippen molar-refractivity contribution in [2.24, 2.45) is 0 Å². The summed E-state index contributed by atoms with van der Waals surface area (Å²) in [6.07, 6.45) is 8.38. The Morgan fingerprint density at radius 3 is 3.12 bits per heavy atom. The molecule has 1 aliphatic rings. The summed E-state index contributed by atoms with van der Waals surface area (Å²) in [7, 11) is 0. The Labute approximate surface area is 152 Å². The number of fused-ring (bicyclic) bond motifs is 1. The number of hydrogen-bond acceptors (Lipinski definition) is 6. The molecular weight excluding hydrogens is 354 g/mol. The van der Waals surface area contributed by atoms with Gasteiger partial charge in [-0.3, -0.25) is 0 Å². The summed E-state index contributed by atoms with van der Waals surface area (Å²) in [5, 5.41) is 5.45. The zero-order valence-electron chi connectivity index (χ0n) is 13.8. The number of aromatic nitrogens is 5. The number of rotatable bonds is 4. The van der Waals surface area contributed by atoms with Gasteiger partial charge in [0.15, 0.2) is 0 Å². The molecule has 1 atom stereocenters. The average Bonchev–Trinajstić information content (AvgIpc) is 3.36. The van der Waals surface area contributed by atoms with Crippen LogP contribution >= 0.6 is 22.7 Å². The van der Waals surface area contributed by atoms with Gasteiger partial charge in [0.05, 0.1) is 29.4 Å². The molecule has 0 radical (unpaired) electrons. The molecule has 4 aromatic heterocycles. The summed E-state index contributed by atoms with van der Waals surface area (Å²) in [6, 6.07) is 4.32. The summed E-state index contributed by atoms with van der Waals surface area (Å²) in [5.41, 5.74) is 0.994. The van der Waals surface area contributed by atoms with Crippen molar-refractivity contribution in [3.8, 4) is 10.7 Å². The maximum Gasteiger partial charge on any atom is 0.212 e. The second-order valence-electron chi connectivity index (χ2n) is 6.16. The van der Waals surface area contributed by atoms with Gasteiger partial charge in [0.2, 0.25) is 4.96 Å². The van der Waals surface area contributed by atoms with Gasteiger partial charge in [-0.2, -0.15) is 5.10 Å². The summed E-state index contributed by atoms with van der Waals surface area (Å²) in [5.74, 6) is 0.981. The first-order chi connectivity index (χ1) is 12.3. The topological polar surface area (TPSA) is 57.2 Å². The SMILES string of the molecule is Cc1nn2cc(Cn3ccnc3-c3ccc([C@@H]4CCCO4)s3)nc2s1. The van der Waals surface area contributed by atoms with Gasteiger partial charge >= 0.3 is 0 Å². The molecule has 0 aromatic carbocycles. The van der Waals surface area contributed by atoms with E-state index in [1.165, 1.54) is 9.75 Å². The smallest absolute Gasteiger partial charge is 0.212 e. The third-order valence-electron chi connectivity index (χ3n) is 4.34. The third-order valence-corrected chi connectivity index (χ3v) is 6.35. The Balaban J connectivity index is 1.42. The van der Waals surface area contributed by atoms with Gasteiger partial charge in [0, 0.05) is 23.9 Å². The Kier molecular flexibility index (Phi) is 3.69. The molecule has 0 amide bonds. The van der Waals surface area contributed by atoms with E-state index in [1.54, 1.807) is 22.7 Å². The van der Waals surface area contributed by atoms with E-state index in [1.807, 2.05) is 30.0 Å². The van der Waals surface area contributed by atoms with Gasteiger partial charge in [-0.25, -0.2) is 14.5 Å². The molecule has 0 aliphatic carbocycles. The lowest BCUT2D eigenvalue weighted by Crippen LogP contribution is -2.00. The zero-order chi connectivity index (χ0) is 16.8. The van der Waals surface area contributed by atoms with E-state index in [2.05, 4.69) is 31.8 Å². The van der Waals surface area contributed by atoms with Crippen LogP contribution < -0.4 is 0 Å². The van der Waals surface area contributed by atoms with Crippen molar-refractivity contribution in [1.82, 2.24) is 24.1 Å². The highest BCUT2D eigenvalue weighted by Gasteiger charge is 2.20. The molecule has 0 unspecified atom stereocenters. The summed E-state index contributed by atoms with van der Waals surface area (Å²) in [6.45, 7) is 3.56. The van der Waals surface area contributed by atoms with Crippen LogP contribution in [0.1, 0.15) is 34.5 Å². The van der Waals surface area contributed by atoms with E-state index >= 15 is 0 Å². The molecule has 1 fully saturated rings. The summed E-state index contributed by atoms with van der Waals surface area (Å²) < 4.78 is 9.79. The lowest BCUT2D eigenvalue weighted by atomic mass is 10.2. The normalized spacial score (nSPS) is 17.7. The molecule has 1 aliphatic heterocycles. The van der Waals surface area contributed by atoms with Crippen LogP contribution in [-0.2, 0) is 11.3 Å². The minimum Gasteiger partial charge on any atom is -0.373 e. The van der Waals surface area contributed by atoms with E-state index in [0.29, 0.717) is 6.54 Å². The minimum absolute atomic E-state index is 0.261. The van der Waals surface area contributed by atoms with Crippen molar-refractivity contribution < 1.29 is 4.74 Å². The van der Waals surface area contributed by atoms with Gasteiger partial charge in [0.25, 0.3) is 0 Å². The van der Waals surface area contributed by atoms with E-state index in [-0.39, 0.29) is 6.10 Å². The van der Waals surface area contributed by atoms with Crippen molar-refractivity contribution in [1.29, 1.82) is 0 Å². The van der Waals surface area contributed by atoms with Gasteiger partial charge in [-0.15, -0.1) is 11.3 Å². The van der Waals surface area contributed by atoms with E-state index in [9.17, 15) is 0 Å². The van der Waals surface area contributed by atoms with Crippen LogP contribution in [0.4, 0.5) is 0 Å². The second kappa shape index (κ2) is 6.05. The predicted octanol–water partition coefficient (Wildman–Crippen LogP) is 3.92. The van der Waals surface area contributed by atoms with Crippen LogP contribution in [0, 0.1) is 6.92 Å². The van der Waals surface area contributed by atoms with E-state index < -0.39 is 0 Å². The van der Waals surface area contributed by atoms with Crippen LogP contribution in [0.25, 0.3) is 15.7 Å². The van der Waals surface area contributed by atoms with Crippen LogP contribution in [0.5, 0.6) is 0 Å². The Bertz CT molecular complexity index is 990. The molecule has 0 spiro atoms. The largest absolute Gasteiger partial charge is 0.373 e. The number of nitrogens with zero attached hydrogens (tertiary/aromatic N) is 5. The van der Waals surface area contributed by atoms with Crippen LogP contribution in [-0.4, -0.2) is 30.8 Å². The maximum atomic E-state index is 5.79. The fraction of sp³-hybridized carbons (Fsp3) is 0.353. The Hall–Kier alpha value is -2.03. The van der Waals surface area contributed by atoms with Gasteiger partial charge in [-0.1, -0.05) is 11.3 Å². The first-order valence-corrected chi connectivity index (χ1v) is 9.94. The summed E-state index contributed by atoms with van der Waals surface area (Å²) in [4.78, 5) is 12.6. The van der Waals surface area contributed by atoms with Gasteiger partial charge in [0.1, 0.15) is 10.8 Å². The molecule has 4 aromatic rings. The molecule has 1 saturated heterocycles. The first kappa shape index (κ1) is 15.2. The van der Waals surface area contributed by atoms with Crippen molar-refractivity contribution in [3.05, 3.63) is 46.3 Å².